The highest BCUT2D eigenvalue weighted by atomic mass is 32.1. The van der Waals surface area contributed by atoms with Crippen LogP contribution in [0.4, 0.5) is 5.69 Å². The highest BCUT2D eigenvalue weighted by Crippen LogP contribution is 2.43. The van der Waals surface area contributed by atoms with E-state index in [1.165, 1.54) is 22.3 Å². The summed E-state index contributed by atoms with van der Waals surface area (Å²) in [5.74, 6) is 1.89. The summed E-state index contributed by atoms with van der Waals surface area (Å²) in [5, 5.41) is 2.86. The summed E-state index contributed by atoms with van der Waals surface area (Å²) >= 11 is 4.16. The van der Waals surface area contributed by atoms with Crippen LogP contribution in [0.2, 0.25) is 0 Å². The van der Waals surface area contributed by atoms with Gasteiger partial charge >= 0.3 is 0 Å². The van der Waals surface area contributed by atoms with Gasteiger partial charge in [0.2, 0.25) is 5.91 Å². The SMILES string of the molecule is O=C1CCc2cc(OCCCCS)ccc2N1.c1ccc(-c2ccc3cc2-3)cc1. The molecule has 3 aliphatic rings. The molecule has 1 heterocycles. The van der Waals surface area contributed by atoms with Gasteiger partial charge in [0.15, 0.2) is 0 Å². The van der Waals surface area contributed by atoms with Crippen molar-refractivity contribution in [2.24, 2.45) is 0 Å². The van der Waals surface area contributed by atoms with Crippen LogP contribution in [-0.2, 0) is 11.2 Å². The summed E-state index contributed by atoms with van der Waals surface area (Å²) in [4.78, 5) is 11.2. The van der Waals surface area contributed by atoms with Crippen molar-refractivity contribution in [2.75, 3.05) is 17.7 Å². The maximum atomic E-state index is 11.2. The molecule has 1 N–H and O–H groups in total. The van der Waals surface area contributed by atoms with Gasteiger partial charge in [0, 0.05) is 12.1 Å². The predicted molar refractivity (Wildman–Crippen MR) is 123 cm³/mol. The predicted octanol–water partition coefficient (Wildman–Crippen LogP) is 5.99. The van der Waals surface area contributed by atoms with Crippen LogP contribution in [0.25, 0.3) is 22.3 Å². The van der Waals surface area contributed by atoms with Gasteiger partial charge in [0.25, 0.3) is 0 Å². The Labute approximate surface area is 177 Å². The Bertz CT molecular complexity index is 1000. The number of benzene rings is 3. The second-order valence-electron chi connectivity index (χ2n) is 7.27. The van der Waals surface area contributed by atoms with Crippen LogP contribution in [0.1, 0.15) is 24.8 Å². The first-order valence-electron chi connectivity index (χ1n) is 10.1. The van der Waals surface area contributed by atoms with E-state index >= 15 is 0 Å². The lowest BCUT2D eigenvalue weighted by molar-refractivity contribution is -0.116. The first-order chi connectivity index (χ1) is 14.2. The number of hydrogen-bond acceptors (Lipinski definition) is 3. The molecule has 29 heavy (non-hydrogen) atoms. The number of thiol groups is 1. The number of rotatable bonds is 6. The highest BCUT2D eigenvalue weighted by Gasteiger charge is 2.17. The van der Waals surface area contributed by atoms with Crippen LogP contribution in [0.15, 0.2) is 66.7 Å². The number of carbonyl (C=O) groups excluding carboxylic acids is 1. The zero-order chi connectivity index (χ0) is 20.1. The van der Waals surface area contributed by atoms with Crippen LogP contribution in [0.5, 0.6) is 5.75 Å². The number of amides is 1. The summed E-state index contributed by atoms with van der Waals surface area (Å²) < 4.78 is 5.65. The van der Waals surface area contributed by atoms with E-state index in [1.807, 2.05) is 18.2 Å². The number of aryl methyl sites for hydroxylation is 1. The van der Waals surface area contributed by atoms with Crippen molar-refractivity contribution in [2.45, 2.75) is 25.7 Å². The van der Waals surface area contributed by atoms with E-state index in [0.29, 0.717) is 6.42 Å². The Hall–Kier alpha value is -2.72. The number of ether oxygens (including phenoxy) is 1. The van der Waals surface area contributed by atoms with E-state index < -0.39 is 0 Å². The second kappa shape index (κ2) is 9.19. The fourth-order valence-electron chi connectivity index (χ4n) is 3.48. The van der Waals surface area contributed by atoms with Gasteiger partial charge in [-0.25, -0.2) is 0 Å². The third kappa shape index (κ3) is 5.01. The molecule has 2 aliphatic carbocycles. The minimum atomic E-state index is 0.0972. The van der Waals surface area contributed by atoms with E-state index in [0.717, 1.165) is 48.6 Å². The van der Waals surface area contributed by atoms with Crippen LogP contribution >= 0.6 is 12.6 Å². The van der Waals surface area contributed by atoms with Gasteiger partial charge in [-0.3, -0.25) is 4.79 Å². The Balaban J connectivity index is 0.000000149. The molecular weight excluding hydrogens is 378 g/mol. The summed E-state index contributed by atoms with van der Waals surface area (Å²) in [5.41, 5.74) is 7.63. The van der Waals surface area contributed by atoms with Crippen molar-refractivity contribution in [1.29, 1.82) is 0 Å². The smallest absolute Gasteiger partial charge is 0.224 e. The molecule has 0 saturated heterocycles. The monoisotopic (exact) mass is 403 g/mol. The maximum Gasteiger partial charge on any atom is 0.224 e. The third-order valence-corrected chi connectivity index (χ3v) is 5.44. The zero-order valence-electron chi connectivity index (χ0n) is 16.4. The Morgan fingerprint density at radius 3 is 2.45 bits per heavy atom. The first-order valence-corrected chi connectivity index (χ1v) is 10.7. The number of carbonyl (C=O) groups is 1. The van der Waals surface area contributed by atoms with Gasteiger partial charge in [-0.15, -0.1) is 0 Å². The lowest BCUT2D eigenvalue weighted by Crippen LogP contribution is -2.18. The molecular formula is C25H25NO2S. The highest BCUT2D eigenvalue weighted by molar-refractivity contribution is 7.80. The minimum Gasteiger partial charge on any atom is -0.494 e. The average molecular weight is 404 g/mol. The molecule has 5 rings (SSSR count). The van der Waals surface area contributed by atoms with E-state index in [-0.39, 0.29) is 5.91 Å². The molecule has 4 heteroatoms. The molecule has 0 radical (unpaired) electrons. The van der Waals surface area contributed by atoms with Gasteiger partial charge < -0.3 is 10.1 Å². The molecule has 0 aromatic heterocycles. The number of hydrogen-bond donors (Lipinski definition) is 2. The van der Waals surface area contributed by atoms with Gasteiger partial charge in [-0.1, -0.05) is 42.5 Å². The Morgan fingerprint density at radius 1 is 0.862 bits per heavy atom. The second-order valence-corrected chi connectivity index (χ2v) is 7.72. The summed E-state index contributed by atoms with van der Waals surface area (Å²) in [6, 6.07) is 23.0. The maximum absolute atomic E-state index is 11.2. The average Bonchev–Trinajstić information content (AvgIpc) is 3.41. The summed E-state index contributed by atoms with van der Waals surface area (Å²) in [6.45, 7) is 0.728. The molecule has 1 amide bonds. The molecule has 0 fully saturated rings. The lowest BCUT2D eigenvalue weighted by Gasteiger charge is -2.17. The Morgan fingerprint density at radius 2 is 1.72 bits per heavy atom. The molecule has 148 valence electrons. The zero-order valence-corrected chi connectivity index (χ0v) is 17.3. The van der Waals surface area contributed by atoms with Crippen molar-refractivity contribution >= 4 is 24.2 Å². The molecule has 0 bridgehead atoms. The summed E-state index contributed by atoms with van der Waals surface area (Å²) in [7, 11) is 0. The van der Waals surface area contributed by atoms with E-state index in [9.17, 15) is 4.79 Å². The molecule has 1 aliphatic heterocycles. The Kier molecular flexibility index (Phi) is 6.20. The minimum absolute atomic E-state index is 0.0972. The van der Waals surface area contributed by atoms with E-state index in [4.69, 9.17) is 4.74 Å². The van der Waals surface area contributed by atoms with Crippen molar-refractivity contribution < 1.29 is 9.53 Å². The molecule has 0 atom stereocenters. The van der Waals surface area contributed by atoms with Gasteiger partial charge in [-0.2, -0.15) is 12.6 Å². The molecule has 0 unspecified atom stereocenters. The number of anilines is 1. The standard InChI is InChI=1S/C13H17NO2S.C12H8/c15-13-6-3-10-9-11(4-5-12(10)14-13)16-7-1-2-8-17;1-2-4-9(5-3-1)11-7-6-10-8-12(10)11/h4-5,9,17H,1-3,6-8H2,(H,14,15);1-8H. The van der Waals surface area contributed by atoms with Crippen LogP contribution in [0, 0.1) is 0 Å². The molecule has 2 aromatic carbocycles. The summed E-state index contributed by atoms with van der Waals surface area (Å²) in [6.07, 6.45) is 3.46. The lowest BCUT2D eigenvalue weighted by atomic mass is 10.0. The van der Waals surface area contributed by atoms with Crippen LogP contribution < -0.4 is 10.1 Å². The molecule has 3 nitrogen and oxygen atoms in total. The van der Waals surface area contributed by atoms with Crippen LogP contribution in [-0.4, -0.2) is 18.3 Å². The van der Waals surface area contributed by atoms with Crippen molar-refractivity contribution in [3.8, 4) is 28.0 Å². The number of fused-ring (bicyclic) bond motifs is 2. The van der Waals surface area contributed by atoms with Gasteiger partial charge in [0.05, 0.1) is 6.61 Å². The van der Waals surface area contributed by atoms with Gasteiger partial charge in [0.1, 0.15) is 5.75 Å². The van der Waals surface area contributed by atoms with E-state index in [1.54, 1.807) is 0 Å². The van der Waals surface area contributed by atoms with Crippen molar-refractivity contribution in [3.63, 3.8) is 0 Å². The fourth-order valence-corrected chi connectivity index (χ4v) is 3.70. The van der Waals surface area contributed by atoms with E-state index in [2.05, 4.69) is 66.5 Å². The quantitative estimate of drug-likeness (QED) is 0.306. The van der Waals surface area contributed by atoms with Gasteiger partial charge in [-0.05, 0) is 77.1 Å². The third-order valence-electron chi connectivity index (χ3n) is 5.13. The largest absolute Gasteiger partial charge is 0.494 e. The van der Waals surface area contributed by atoms with Crippen molar-refractivity contribution in [1.82, 2.24) is 0 Å². The van der Waals surface area contributed by atoms with Crippen LogP contribution in [0.3, 0.4) is 0 Å². The number of unbranched alkanes of at least 4 members (excludes halogenated alkanes) is 1. The first kappa shape index (κ1) is 19.6. The number of nitrogens with one attached hydrogen (secondary N) is 1. The molecule has 0 saturated carbocycles. The molecule has 0 spiro atoms. The fraction of sp³-hybridized carbons (Fsp3) is 0.240. The normalized spacial score (nSPS) is 12.9. The van der Waals surface area contributed by atoms with Crippen molar-refractivity contribution in [3.05, 3.63) is 72.3 Å². The molecule has 2 aromatic rings. The topological polar surface area (TPSA) is 38.3 Å².